The first-order chi connectivity index (χ1) is 11.1. The van der Waals surface area contributed by atoms with E-state index >= 15 is 0 Å². The first-order valence-corrected chi connectivity index (χ1v) is 8.93. The highest BCUT2D eigenvalue weighted by atomic mass is 32.2. The van der Waals surface area contributed by atoms with Gasteiger partial charge in [0.2, 0.25) is 10.0 Å². The monoisotopic (exact) mass is 337 g/mol. The standard InChI is InChI=1S/C14H19N5O3S/c1-22-12-5-7-13(8-6-12)23(20,21)19-9-3-2-4-11(19)10-14-15-17-18-16-14/h5-8,11H,2-4,9-10H2,1H3,(H,15,16,17,18). The summed E-state index contributed by atoms with van der Waals surface area (Å²) in [6, 6.07) is 6.33. The fourth-order valence-corrected chi connectivity index (χ4v) is 4.55. The number of ether oxygens (including phenoxy) is 1. The summed E-state index contributed by atoms with van der Waals surface area (Å²) in [6.45, 7) is 0.511. The number of aromatic amines is 1. The van der Waals surface area contributed by atoms with E-state index < -0.39 is 10.0 Å². The molecule has 3 rings (SSSR count). The van der Waals surface area contributed by atoms with Gasteiger partial charge in [-0.3, -0.25) is 0 Å². The molecule has 0 radical (unpaired) electrons. The average molecular weight is 337 g/mol. The summed E-state index contributed by atoms with van der Waals surface area (Å²) in [5, 5.41) is 13.8. The van der Waals surface area contributed by atoms with Gasteiger partial charge in [-0.1, -0.05) is 11.6 Å². The Labute approximate surface area is 134 Å². The summed E-state index contributed by atoms with van der Waals surface area (Å²) in [6.07, 6.45) is 3.12. The molecule has 1 fully saturated rings. The van der Waals surface area contributed by atoms with Crippen LogP contribution in [-0.2, 0) is 16.4 Å². The molecule has 0 amide bonds. The minimum Gasteiger partial charge on any atom is -0.497 e. The van der Waals surface area contributed by atoms with Crippen LogP contribution in [-0.4, -0.2) is 53.0 Å². The summed E-state index contributed by atoms with van der Waals surface area (Å²) < 4.78 is 32.5. The second kappa shape index (κ2) is 6.63. The van der Waals surface area contributed by atoms with E-state index in [0.29, 0.717) is 24.5 Å². The van der Waals surface area contributed by atoms with Gasteiger partial charge in [0.05, 0.1) is 12.0 Å². The number of nitrogens with one attached hydrogen (secondary N) is 1. The van der Waals surface area contributed by atoms with Crippen LogP contribution in [0.5, 0.6) is 5.75 Å². The molecule has 2 aromatic rings. The topological polar surface area (TPSA) is 101 Å². The SMILES string of the molecule is COc1ccc(S(=O)(=O)N2CCCCC2Cc2nn[nH]n2)cc1. The van der Waals surface area contributed by atoms with Crippen LogP contribution in [0.1, 0.15) is 25.1 Å². The van der Waals surface area contributed by atoms with E-state index in [-0.39, 0.29) is 10.9 Å². The molecule has 0 saturated carbocycles. The van der Waals surface area contributed by atoms with Crippen LogP contribution < -0.4 is 4.74 Å². The third-order valence-corrected chi connectivity index (χ3v) is 6.01. The highest BCUT2D eigenvalue weighted by Crippen LogP contribution is 2.27. The normalized spacial score (nSPS) is 19.6. The van der Waals surface area contributed by atoms with E-state index in [1.165, 1.54) is 0 Å². The minimum atomic E-state index is -3.55. The number of H-pyrrole nitrogens is 1. The Morgan fingerprint density at radius 2 is 2.09 bits per heavy atom. The van der Waals surface area contributed by atoms with E-state index in [0.717, 1.165) is 19.3 Å². The van der Waals surface area contributed by atoms with Crippen molar-refractivity contribution in [3.63, 3.8) is 0 Å². The molecule has 1 unspecified atom stereocenters. The second-order valence-corrected chi connectivity index (χ2v) is 7.36. The van der Waals surface area contributed by atoms with Gasteiger partial charge in [0, 0.05) is 19.0 Å². The van der Waals surface area contributed by atoms with Gasteiger partial charge in [-0.2, -0.15) is 9.52 Å². The average Bonchev–Trinajstić information content (AvgIpc) is 3.08. The van der Waals surface area contributed by atoms with Crippen LogP contribution in [0.15, 0.2) is 29.2 Å². The molecule has 1 aliphatic heterocycles. The highest BCUT2D eigenvalue weighted by Gasteiger charge is 2.34. The fourth-order valence-electron chi connectivity index (χ4n) is 2.86. The molecule has 1 N–H and O–H groups in total. The molecular formula is C14H19N5O3S. The quantitative estimate of drug-likeness (QED) is 0.873. The molecule has 0 aliphatic carbocycles. The Bertz CT molecular complexity index is 730. The number of hydrogen-bond acceptors (Lipinski definition) is 6. The predicted octanol–water partition coefficient (Wildman–Crippen LogP) is 0.994. The Morgan fingerprint density at radius 1 is 1.30 bits per heavy atom. The first-order valence-electron chi connectivity index (χ1n) is 7.49. The number of aromatic nitrogens is 4. The van der Waals surface area contributed by atoms with Crippen LogP contribution in [0.25, 0.3) is 0 Å². The van der Waals surface area contributed by atoms with Gasteiger partial charge in [0.1, 0.15) is 5.75 Å². The molecule has 124 valence electrons. The van der Waals surface area contributed by atoms with Crippen molar-refractivity contribution >= 4 is 10.0 Å². The molecular weight excluding hydrogens is 318 g/mol. The Kier molecular flexibility index (Phi) is 4.58. The maximum atomic E-state index is 12.9. The lowest BCUT2D eigenvalue weighted by Gasteiger charge is -2.34. The lowest BCUT2D eigenvalue weighted by atomic mass is 10.0. The van der Waals surface area contributed by atoms with E-state index in [1.807, 2.05) is 0 Å². The van der Waals surface area contributed by atoms with Gasteiger partial charge in [0.15, 0.2) is 5.82 Å². The zero-order valence-corrected chi connectivity index (χ0v) is 13.7. The molecule has 2 heterocycles. The zero-order chi connectivity index (χ0) is 16.3. The number of hydrogen-bond donors (Lipinski definition) is 1. The van der Waals surface area contributed by atoms with Crippen molar-refractivity contribution in [3.8, 4) is 5.75 Å². The molecule has 1 aromatic carbocycles. The zero-order valence-electron chi connectivity index (χ0n) is 12.8. The highest BCUT2D eigenvalue weighted by molar-refractivity contribution is 7.89. The van der Waals surface area contributed by atoms with Crippen LogP contribution in [0.3, 0.4) is 0 Å². The summed E-state index contributed by atoms with van der Waals surface area (Å²) in [5.41, 5.74) is 0. The number of rotatable bonds is 5. The van der Waals surface area contributed by atoms with Crippen molar-refractivity contribution < 1.29 is 13.2 Å². The number of benzene rings is 1. The maximum Gasteiger partial charge on any atom is 0.243 e. The molecule has 1 aromatic heterocycles. The molecule has 1 atom stereocenters. The van der Waals surface area contributed by atoms with Crippen molar-refractivity contribution in [2.24, 2.45) is 0 Å². The molecule has 9 heteroatoms. The van der Waals surface area contributed by atoms with Gasteiger partial charge in [0.25, 0.3) is 0 Å². The smallest absolute Gasteiger partial charge is 0.243 e. The number of sulfonamides is 1. The summed E-state index contributed by atoms with van der Waals surface area (Å²) >= 11 is 0. The van der Waals surface area contributed by atoms with Crippen molar-refractivity contribution in [2.45, 2.75) is 36.6 Å². The van der Waals surface area contributed by atoms with E-state index in [9.17, 15) is 8.42 Å². The summed E-state index contributed by atoms with van der Waals surface area (Å²) in [5.74, 6) is 1.16. The van der Waals surface area contributed by atoms with Crippen molar-refractivity contribution in [3.05, 3.63) is 30.1 Å². The molecule has 0 spiro atoms. The fraction of sp³-hybridized carbons (Fsp3) is 0.500. The third-order valence-electron chi connectivity index (χ3n) is 4.05. The summed E-state index contributed by atoms with van der Waals surface area (Å²) in [4.78, 5) is 0.276. The van der Waals surface area contributed by atoms with E-state index in [2.05, 4.69) is 20.6 Å². The number of nitrogens with zero attached hydrogens (tertiary/aromatic N) is 4. The van der Waals surface area contributed by atoms with Crippen molar-refractivity contribution in [1.82, 2.24) is 24.9 Å². The summed E-state index contributed by atoms with van der Waals surface area (Å²) in [7, 11) is -2.00. The van der Waals surface area contributed by atoms with Gasteiger partial charge < -0.3 is 4.74 Å². The van der Waals surface area contributed by atoms with Crippen LogP contribution >= 0.6 is 0 Å². The minimum absolute atomic E-state index is 0.145. The van der Waals surface area contributed by atoms with E-state index in [1.54, 1.807) is 35.7 Å². The van der Waals surface area contributed by atoms with Crippen molar-refractivity contribution in [2.75, 3.05) is 13.7 Å². The lowest BCUT2D eigenvalue weighted by Crippen LogP contribution is -2.44. The van der Waals surface area contributed by atoms with Crippen LogP contribution in [0.2, 0.25) is 0 Å². The number of methoxy groups -OCH3 is 1. The Balaban J connectivity index is 1.85. The van der Waals surface area contributed by atoms with Crippen LogP contribution in [0, 0.1) is 0 Å². The van der Waals surface area contributed by atoms with E-state index in [4.69, 9.17) is 4.74 Å². The maximum absolute atomic E-state index is 12.9. The van der Waals surface area contributed by atoms with Gasteiger partial charge in [-0.05, 0) is 37.1 Å². The van der Waals surface area contributed by atoms with Gasteiger partial charge in [-0.15, -0.1) is 10.2 Å². The second-order valence-electron chi connectivity index (χ2n) is 5.47. The molecule has 1 aliphatic rings. The Morgan fingerprint density at radius 3 is 2.74 bits per heavy atom. The Hall–Kier alpha value is -2.00. The van der Waals surface area contributed by atoms with Crippen LogP contribution in [0.4, 0.5) is 0 Å². The number of tetrazole rings is 1. The van der Waals surface area contributed by atoms with Gasteiger partial charge >= 0.3 is 0 Å². The number of piperidine rings is 1. The van der Waals surface area contributed by atoms with Crippen molar-refractivity contribution in [1.29, 1.82) is 0 Å². The predicted molar refractivity (Wildman–Crippen MR) is 82.4 cm³/mol. The first kappa shape index (κ1) is 15.9. The molecule has 0 bridgehead atoms. The largest absolute Gasteiger partial charge is 0.497 e. The lowest BCUT2D eigenvalue weighted by molar-refractivity contribution is 0.248. The third kappa shape index (κ3) is 3.35. The molecule has 8 nitrogen and oxygen atoms in total. The van der Waals surface area contributed by atoms with Gasteiger partial charge in [-0.25, -0.2) is 8.42 Å². The molecule has 23 heavy (non-hydrogen) atoms. The molecule has 1 saturated heterocycles.